The highest BCUT2D eigenvalue weighted by Crippen LogP contribution is 2.21. The number of hydroxylamine groups is 1. The lowest BCUT2D eigenvalue weighted by Gasteiger charge is -2.26. The van der Waals surface area contributed by atoms with E-state index in [1.54, 1.807) is 24.3 Å². The fourth-order valence-electron chi connectivity index (χ4n) is 2.20. The molecule has 1 aromatic rings. The van der Waals surface area contributed by atoms with Gasteiger partial charge in [-0.25, -0.2) is 0 Å². The molecule has 1 fully saturated rings. The molecule has 6 heteroatoms. The number of aliphatic hydroxyl groups is 2. The number of esters is 1. The van der Waals surface area contributed by atoms with Gasteiger partial charge in [-0.3, -0.25) is 4.79 Å². The Morgan fingerprint density at radius 2 is 1.90 bits per heavy atom. The van der Waals surface area contributed by atoms with Gasteiger partial charge in [0.15, 0.2) is 6.04 Å². The van der Waals surface area contributed by atoms with Crippen LogP contribution in [-0.2, 0) is 9.53 Å². The van der Waals surface area contributed by atoms with Gasteiger partial charge in [0.25, 0.3) is 0 Å². The highest BCUT2D eigenvalue weighted by molar-refractivity contribution is 5.76. The monoisotopic (exact) mass is 295 g/mol. The summed E-state index contributed by atoms with van der Waals surface area (Å²) in [7, 11) is 0. The quantitative estimate of drug-likeness (QED) is 0.531. The number of nitrogens with one attached hydrogen (secondary N) is 1. The van der Waals surface area contributed by atoms with Crippen LogP contribution in [0.15, 0.2) is 30.3 Å². The summed E-state index contributed by atoms with van der Waals surface area (Å²) in [5.41, 5.74) is 2.51. The molecule has 0 aromatic heterocycles. The maximum absolute atomic E-state index is 12.0. The summed E-state index contributed by atoms with van der Waals surface area (Å²) < 4.78 is 5.33. The van der Waals surface area contributed by atoms with Crippen molar-refractivity contribution in [2.45, 2.75) is 43.9 Å². The van der Waals surface area contributed by atoms with E-state index in [1.807, 2.05) is 6.07 Å². The van der Waals surface area contributed by atoms with Gasteiger partial charge in [-0.15, -0.1) is 5.48 Å². The highest BCUT2D eigenvalue weighted by Gasteiger charge is 2.26. The second kappa shape index (κ2) is 7.97. The summed E-state index contributed by atoms with van der Waals surface area (Å²) in [5, 5.41) is 18.7. The van der Waals surface area contributed by atoms with Crippen LogP contribution in [0.25, 0.3) is 0 Å². The first-order valence-corrected chi connectivity index (χ1v) is 7.16. The zero-order valence-electron chi connectivity index (χ0n) is 11.8. The van der Waals surface area contributed by atoms with Crippen molar-refractivity contribution >= 4 is 5.97 Å². The van der Waals surface area contributed by atoms with Gasteiger partial charge in [-0.2, -0.15) is 0 Å². The molecule has 1 unspecified atom stereocenters. The topological polar surface area (TPSA) is 88.0 Å². The molecule has 116 valence electrons. The Morgan fingerprint density at radius 3 is 2.52 bits per heavy atom. The fourth-order valence-corrected chi connectivity index (χ4v) is 2.20. The van der Waals surface area contributed by atoms with Gasteiger partial charge in [-0.05, 0) is 37.8 Å². The number of hydrogen-bond acceptors (Lipinski definition) is 6. The maximum atomic E-state index is 12.0. The van der Waals surface area contributed by atoms with Crippen molar-refractivity contribution in [1.82, 2.24) is 5.48 Å². The number of hydrogen-bond donors (Lipinski definition) is 3. The molecule has 1 atom stereocenters. The number of ether oxygens (including phenoxy) is 1. The van der Waals surface area contributed by atoms with Crippen LogP contribution in [0, 0.1) is 0 Å². The highest BCUT2D eigenvalue weighted by atomic mass is 16.7. The van der Waals surface area contributed by atoms with Crippen LogP contribution in [-0.4, -0.2) is 41.0 Å². The number of rotatable bonds is 6. The van der Waals surface area contributed by atoms with Crippen LogP contribution in [0.5, 0.6) is 5.75 Å². The minimum absolute atomic E-state index is 0.200. The first-order valence-electron chi connectivity index (χ1n) is 7.16. The van der Waals surface area contributed by atoms with Gasteiger partial charge >= 0.3 is 5.97 Å². The zero-order chi connectivity index (χ0) is 15.1. The van der Waals surface area contributed by atoms with E-state index in [9.17, 15) is 15.0 Å². The molecule has 0 aliphatic heterocycles. The van der Waals surface area contributed by atoms with Crippen molar-refractivity contribution < 1.29 is 24.6 Å². The molecule has 3 N–H and O–H groups in total. The molecule has 0 saturated heterocycles. The SMILES string of the molecule is O=C(OC1CCC(O)CC1)C(CO)NOc1ccccc1. The normalized spacial score (nSPS) is 23.3. The summed E-state index contributed by atoms with van der Waals surface area (Å²) in [4.78, 5) is 17.2. The van der Waals surface area contributed by atoms with Crippen LogP contribution in [0.3, 0.4) is 0 Å². The molecule has 6 nitrogen and oxygen atoms in total. The lowest BCUT2D eigenvalue weighted by molar-refractivity contribution is -0.157. The van der Waals surface area contributed by atoms with E-state index in [1.165, 1.54) is 0 Å². The standard InChI is InChI=1S/C15H21NO5/c17-10-14(16-21-13-4-2-1-3-5-13)15(19)20-12-8-6-11(18)7-9-12/h1-5,11-12,14,16-18H,6-10H2. The molecule has 21 heavy (non-hydrogen) atoms. The van der Waals surface area contributed by atoms with Gasteiger partial charge in [-0.1, -0.05) is 18.2 Å². The lowest BCUT2D eigenvalue weighted by atomic mass is 9.95. The third-order valence-corrected chi connectivity index (χ3v) is 3.46. The number of para-hydroxylation sites is 1. The maximum Gasteiger partial charge on any atom is 0.329 e. The molecule has 1 aromatic carbocycles. The average molecular weight is 295 g/mol. The Bertz CT molecular complexity index is 431. The van der Waals surface area contributed by atoms with Gasteiger partial charge in [0.05, 0.1) is 12.7 Å². The molecule has 0 radical (unpaired) electrons. The number of carbonyl (C=O) groups is 1. The van der Waals surface area contributed by atoms with Crippen molar-refractivity contribution in [3.63, 3.8) is 0 Å². The molecule has 1 aliphatic rings. The van der Waals surface area contributed by atoms with E-state index in [2.05, 4.69) is 5.48 Å². The molecular weight excluding hydrogens is 274 g/mol. The van der Waals surface area contributed by atoms with Crippen molar-refractivity contribution in [2.24, 2.45) is 0 Å². The van der Waals surface area contributed by atoms with Gasteiger partial charge < -0.3 is 19.8 Å². The van der Waals surface area contributed by atoms with E-state index in [0.717, 1.165) is 0 Å². The first kappa shape index (κ1) is 15.8. The molecule has 0 amide bonds. The summed E-state index contributed by atoms with van der Waals surface area (Å²) >= 11 is 0. The second-order valence-corrected chi connectivity index (χ2v) is 5.14. The molecule has 0 bridgehead atoms. The molecule has 0 heterocycles. The third kappa shape index (κ3) is 5.00. The van der Waals surface area contributed by atoms with Crippen LogP contribution < -0.4 is 10.3 Å². The summed E-state index contributed by atoms with van der Waals surface area (Å²) in [6, 6.07) is 7.98. The Balaban J connectivity index is 1.78. The summed E-state index contributed by atoms with van der Waals surface area (Å²) in [5.74, 6) is -0.000593. The lowest BCUT2D eigenvalue weighted by Crippen LogP contribution is -2.44. The van der Waals surface area contributed by atoms with Gasteiger partial charge in [0.1, 0.15) is 11.9 Å². The molecule has 2 rings (SSSR count). The average Bonchev–Trinajstić information content (AvgIpc) is 2.51. The minimum atomic E-state index is -0.933. The zero-order valence-corrected chi connectivity index (χ0v) is 11.8. The second-order valence-electron chi connectivity index (χ2n) is 5.14. The Hall–Kier alpha value is -1.63. The van der Waals surface area contributed by atoms with Crippen molar-refractivity contribution in [3.8, 4) is 5.75 Å². The Labute approximate surface area is 123 Å². The van der Waals surface area contributed by atoms with Crippen LogP contribution in [0.4, 0.5) is 0 Å². The largest absolute Gasteiger partial charge is 0.461 e. The van der Waals surface area contributed by atoms with Gasteiger partial charge in [0.2, 0.25) is 0 Å². The Morgan fingerprint density at radius 1 is 1.24 bits per heavy atom. The fraction of sp³-hybridized carbons (Fsp3) is 0.533. The molecule has 0 spiro atoms. The Kier molecular flexibility index (Phi) is 5.98. The van der Waals surface area contributed by atoms with Gasteiger partial charge in [0, 0.05) is 0 Å². The molecule has 1 aliphatic carbocycles. The minimum Gasteiger partial charge on any atom is -0.461 e. The summed E-state index contributed by atoms with van der Waals surface area (Å²) in [6.07, 6.45) is 2.06. The van der Waals surface area contributed by atoms with E-state index >= 15 is 0 Å². The van der Waals surface area contributed by atoms with Crippen molar-refractivity contribution in [3.05, 3.63) is 30.3 Å². The van der Waals surface area contributed by atoms with Crippen molar-refractivity contribution in [2.75, 3.05) is 6.61 Å². The van der Waals surface area contributed by atoms with Crippen LogP contribution in [0.2, 0.25) is 0 Å². The smallest absolute Gasteiger partial charge is 0.329 e. The molecule has 1 saturated carbocycles. The predicted octanol–water partition coefficient (Wildman–Crippen LogP) is 0.778. The predicted molar refractivity (Wildman–Crippen MR) is 75.4 cm³/mol. The number of aliphatic hydroxyl groups excluding tert-OH is 2. The van der Waals surface area contributed by atoms with E-state index in [-0.39, 0.29) is 12.2 Å². The van der Waals surface area contributed by atoms with E-state index in [4.69, 9.17) is 9.57 Å². The van der Waals surface area contributed by atoms with E-state index in [0.29, 0.717) is 31.4 Å². The number of benzene rings is 1. The first-order chi connectivity index (χ1) is 10.2. The third-order valence-electron chi connectivity index (χ3n) is 3.46. The summed E-state index contributed by atoms with van der Waals surface area (Å²) in [6.45, 7) is -0.416. The van der Waals surface area contributed by atoms with E-state index < -0.39 is 18.6 Å². The van der Waals surface area contributed by atoms with Crippen molar-refractivity contribution in [1.29, 1.82) is 0 Å². The number of carbonyl (C=O) groups excluding carboxylic acids is 1. The molecular formula is C15H21NO5. The van der Waals surface area contributed by atoms with Crippen LogP contribution >= 0.6 is 0 Å². The van der Waals surface area contributed by atoms with Crippen LogP contribution in [0.1, 0.15) is 25.7 Å².